The number of hydroxylamine groups is 1. The molecular weight excluding hydrogens is 166 g/mol. The van der Waals surface area contributed by atoms with Gasteiger partial charge in [0.25, 0.3) is 0 Å². The van der Waals surface area contributed by atoms with Crippen LogP contribution in [-0.2, 0) is 15.6 Å². The van der Waals surface area contributed by atoms with Gasteiger partial charge in [0.15, 0.2) is 0 Å². The predicted octanol–water partition coefficient (Wildman–Crippen LogP) is 0.882. The summed E-state index contributed by atoms with van der Waals surface area (Å²) in [6.07, 6.45) is 4.42. The molecule has 0 bridgehead atoms. The maximum Gasteiger partial charge on any atom is 0.105 e. The lowest BCUT2D eigenvalue weighted by molar-refractivity contribution is 0.193. The first-order valence-corrected chi connectivity index (χ1v) is 4.76. The molecule has 0 saturated carbocycles. The van der Waals surface area contributed by atoms with Gasteiger partial charge in [-0.3, -0.25) is 0 Å². The molecule has 11 heavy (non-hydrogen) atoms. The number of hydrogen-bond donors (Lipinski definition) is 1. The molecule has 5 heteroatoms. The Morgan fingerprint density at radius 1 is 1.45 bits per heavy atom. The lowest BCUT2D eigenvalue weighted by Crippen LogP contribution is -2.17. The van der Waals surface area contributed by atoms with Crippen molar-refractivity contribution in [2.24, 2.45) is 0 Å². The number of rotatable bonds is 7. The fraction of sp³-hybridized carbons (Fsp3) is 1.00. The summed E-state index contributed by atoms with van der Waals surface area (Å²) >= 11 is -2.43. The third-order valence-electron chi connectivity index (χ3n) is 1.26. The van der Waals surface area contributed by atoms with Crippen LogP contribution in [0.15, 0.2) is 0 Å². The second kappa shape index (κ2) is 8.13. The van der Waals surface area contributed by atoms with E-state index in [9.17, 15) is 8.76 Å². The molecule has 0 aromatic carbocycles. The summed E-state index contributed by atoms with van der Waals surface area (Å²) in [6, 6.07) is 0. The van der Waals surface area contributed by atoms with E-state index in [0.717, 1.165) is 12.8 Å². The van der Waals surface area contributed by atoms with E-state index >= 15 is 0 Å². The van der Waals surface area contributed by atoms with Crippen LogP contribution in [0.4, 0.5) is 0 Å². The molecule has 1 atom stereocenters. The predicted molar refractivity (Wildman–Crippen MR) is 42.1 cm³/mol. The van der Waals surface area contributed by atoms with Gasteiger partial charge in [0.1, 0.15) is 11.4 Å². The highest BCUT2D eigenvalue weighted by Crippen LogP contribution is 1.96. The van der Waals surface area contributed by atoms with Crippen molar-refractivity contribution in [3.8, 4) is 0 Å². The maximum atomic E-state index is 9.80. The molecule has 0 amide bonds. The third kappa shape index (κ3) is 10.0. The SMILES string of the molecule is CCCCCCNOS(=O)[O-]. The highest BCUT2D eigenvalue weighted by atomic mass is 32.2. The summed E-state index contributed by atoms with van der Waals surface area (Å²) < 4.78 is 23.7. The van der Waals surface area contributed by atoms with E-state index in [2.05, 4.69) is 16.7 Å². The third-order valence-corrected chi connectivity index (χ3v) is 1.51. The van der Waals surface area contributed by atoms with Gasteiger partial charge in [0.05, 0.1) is 0 Å². The van der Waals surface area contributed by atoms with E-state index in [4.69, 9.17) is 0 Å². The minimum atomic E-state index is -2.43. The van der Waals surface area contributed by atoms with Crippen LogP contribution >= 0.6 is 0 Å². The van der Waals surface area contributed by atoms with Crippen LogP contribution in [0.2, 0.25) is 0 Å². The summed E-state index contributed by atoms with van der Waals surface area (Å²) in [7, 11) is 0. The Morgan fingerprint density at radius 3 is 2.73 bits per heavy atom. The zero-order chi connectivity index (χ0) is 8.53. The van der Waals surface area contributed by atoms with Crippen molar-refractivity contribution in [3.63, 3.8) is 0 Å². The molecular formula is C6H14NO3S-. The van der Waals surface area contributed by atoms with E-state index in [0.29, 0.717) is 6.54 Å². The van der Waals surface area contributed by atoms with Crippen molar-refractivity contribution in [2.45, 2.75) is 32.6 Å². The molecule has 0 spiro atoms. The van der Waals surface area contributed by atoms with Crippen LogP contribution < -0.4 is 5.48 Å². The average Bonchev–Trinajstić information content (AvgIpc) is 1.96. The topological polar surface area (TPSA) is 61.4 Å². The van der Waals surface area contributed by atoms with Crippen molar-refractivity contribution >= 4 is 11.4 Å². The molecule has 0 aromatic heterocycles. The van der Waals surface area contributed by atoms with E-state index in [1.54, 1.807) is 0 Å². The quantitative estimate of drug-likeness (QED) is 0.359. The van der Waals surface area contributed by atoms with Crippen LogP contribution in [0.1, 0.15) is 32.6 Å². The van der Waals surface area contributed by atoms with Crippen LogP contribution in [0.5, 0.6) is 0 Å². The van der Waals surface area contributed by atoms with Gasteiger partial charge in [-0.1, -0.05) is 26.2 Å². The van der Waals surface area contributed by atoms with Crippen LogP contribution in [0.3, 0.4) is 0 Å². The molecule has 1 unspecified atom stereocenters. The fourth-order valence-corrected chi connectivity index (χ4v) is 0.893. The molecule has 0 radical (unpaired) electrons. The van der Waals surface area contributed by atoms with Crippen molar-refractivity contribution in [1.29, 1.82) is 0 Å². The Morgan fingerprint density at radius 2 is 2.18 bits per heavy atom. The Kier molecular flexibility index (Phi) is 8.15. The first-order valence-electron chi connectivity index (χ1n) is 3.76. The van der Waals surface area contributed by atoms with Gasteiger partial charge in [-0.15, -0.1) is 0 Å². The average molecular weight is 180 g/mol. The Labute approximate surface area is 69.8 Å². The van der Waals surface area contributed by atoms with Crippen LogP contribution in [-0.4, -0.2) is 15.3 Å². The van der Waals surface area contributed by atoms with E-state index in [-0.39, 0.29) is 0 Å². The maximum absolute atomic E-state index is 9.80. The molecule has 0 saturated heterocycles. The molecule has 0 fully saturated rings. The molecule has 0 rings (SSSR count). The number of unbranched alkanes of at least 4 members (excludes halogenated alkanes) is 3. The minimum absolute atomic E-state index is 0.591. The molecule has 0 aliphatic heterocycles. The zero-order valence-corrected chi connectivity index (χ0v) is 7.49. The Balaban J connectivity index is 2.85. The van der Waals surface area contributed by atoms with E-state index < -0.39 is 11.4 Å². The summed E-state index contributed by atoms with van der Waals surface area (Å²) in [5.74, 6) is 0. The summed E-state index contributed by atoms with van der Waals surface area (Å²) in [6.45, 7) is 2.71. The molecule has 68 valence electrons. The molecule has 0 heterocycles. The van der Waals surface area contributed by atoms with Crippen LogP contribution in [0.25, 0.3) is 0 Å². The van der Waals surface area contributed by atoms with E-state index in [1.165, 1.54) is 12.8 Å². The standard InChI is InChI=1S/C6H15NO3S/c1-2-3-4-5-6-7-10-11(8)9/h7H,2-6H2,1H3,(H,8,9)/p-1. The molecule has 0 aromatic rings. The first kappa shape index (κ1) is 11.0. The second-order valence-electron chi connectivity index (χ2n) is 2.24. The zero-order valence-electron chi connectivity index (χ0n) is 6.67. The molecule has 4 nitrogen and oxygen atoms in total. The molecule has 0 aliphatic carbocycles. The van der Waals surface area contributed by atoms with Gasteiger partial charge in [-0.2, -0.15) is 5.48 Å². The van der Waals surface area contributed by atoms with Gasteiger partial charge in [0.2, 0.25) is 0 Å². The summed E-state index contributed by atoms with van der Waals surface area (Å²) in [5.41, 5.74) is 2.33. The highest BCUT2D eigenvalue weighted by Gasteiger charge is 1.87. The largest absolute Gasteiger partial charge is 0.748 e. The van der Waals surface area contributed by atoms with E-state index in [1.807, 2.05) is 0 Å². The minimum Gasteiger partial charge on any atom is -0.748 e. The molecule has 0 aliphatic rings. The fourth-order valence-electron chi connectivity index (χ4n) is 0.714. The van der Waals surface area contributed by atoms with Gasteiger partial charge < -0.3 is 4.55 Å². The monoisotopic (exact) mass is 180 g/mol. The number of hydrogen-bond acceptors (Lipinski definition) is 4. The van der Waals surface area contributed by atoms with Crippen molar-refractivity contribution < 1.29 is 13.0 Å². The lowest BCUT2D eigenvalue weighted by Gasteiger charge is -2.05. The smallest absolute Gasteiger partial charge is 0.105 e. The highest BCUT2D eigenvalue weighted by molar-refractivity contribution is 7.74. The van der Waals surface area contributed by atoms with Gasteiger partial charge in [-0.05, 0) is 6.42 Å². The first-order chi connectivity index (χ1) is 5.27. The van der Waals surface area contributed by atoms with Gasteiger partial charge >= 0.3 is 0 Å². The van der Waals surface area contributed by atoms with Gasteiger partial charge in [-0.25, -0.2) is 8.49 Å². The van der Waals surface area contributed by atoms with Crippen molar-refractivity contribution in [2.75, 3.05) is 6.54 Å². The summed E-state index contributed by atoms with van der Waals surface area (Å²) in [4.78, 5) is 0. The number of nitrogens with one attached hydrogen (secondary N) is 1. The lowest BCUT2D eigenvalue weighted by atomic mass is 10.2. The van der Waals surface area contributed by atoms with Crippen molar-refractivity contribution in [1.82, 2.24) is 5.48 Å². The Hall–Kier alpha value is 0.0300. The van der Waals surface area contributed by atoms with Crippen molar-refractivity contribution in [3.05, 3.63) is 0 Å². The van der Waals surface area contributed by atoms with Crippen LogP contribution in [0, 0.1) is 0 Å². The Bertz CT molecular complexity index is 110. The normalized spacial score (nSPS) is 13.3. The second-order valence-corrected chi connectivity index (χ2v) is 2.82. The van der Waals surface area contributed by atoms with Gasteiger partial charge in [0, 0.05) is 6.54 Å². The summed E-state index contributed by atoms with van der Waals surface area (Å²) in [5, 5.41) is 0. The molecule has 1 N–H and O–H groups in total.